The zero-order chi connectivity index (χ0) is 25.1. The Balaban J connectivity index is 1.07. The van der Waals surface area contributed by atoms with E-state index in [1.807, 2.05) is 24.3 Å². The molecule has 2 saturated carbocycles. The van der Waals surface area contributed by atoms with Gasteiger partial charge in [0.05, 0.1) is 0 Å². The van der Waals surface area contributed by atoms with Crippen molar-refractivity contribution in [2.75, 3.05) is 17.2 Å². The Bertz CT molecular complexity index is 929. The summed E-state index contributed by atoms with van der Waals surface area (Å²) in [5.74, 6) is 0.391. The van der Waals surface area contributed by atoms with Gasteiger partial charge >= 0.3 is 0 Å². The summed E-state index contributed by atoms with van der Waals surface area (Å²) in [4.78, 5) is 35.4. The molecule has 4 N–H and O–H groups in total. The fourth-order valence-electron chi connectivity index (χ4n) is 6.46. The first-order chi connectivity index (χ1) is 16.7. The molecule has 3 amide bonds. The molecule has 1 aliphatic heterocycles. The minimum absolute atomic E-state index is 0.0335. The average molecular weight is 483 g/mol. The van der Waals surface area contributed by atoms with E-state index >= 15 is 0 Å². The Morgan fingerprint density at radius 2 is 1.71 bits per heavy atom. The Hall–Kier alpha value is -2.41. The van der Waals surface area contributed by atoms with Gasteiger partial charge in [0.25, 0.3) is 0 Å². The highest BCUT2D eigenvalue weighted by Crippen LogP contribution is 2.65. The number of anilines is 2. The summed E-state index contributed by atoms with van der Waals surface area (Å²) in [5, 5.41) is 12.3. The number of hydrogen-bond donors (Lipinski definition) is 4. The molecule has 0 aromatic heterocycles. The lowest BCUT2D eigenvalue weighted by Gasteiger charge is -2.39. The van der Waals surface area contributed by atoms with Gasteiger partial charge in [-0.2, -0.15) is 0 Å². The molecular weight excluding hydrogens is 440 g/mol. The van der Waals surface area contributed by atoms with Crippen molar-refractivity contribution < 1.29 is 14.4 Å². The van der Waals surface area contributed by atoms with Crippen molar-refractivity contribution in [1.29, 1.82) is 0 Å². The molecule has 0 radical (unpaired) electrons. The molecule has 7 nitrogen and oxygen atoms in total. The third-order valence-corrected chi connectivity index (χ3v) is 9.26. The van der Waals surface area contributed by atoms with Crippen LogP contribution in [-0.2, 0) is 14.4 Å². The molecule has 3 fully saturated rings. The number of amides is 3. The van der Waals surface area contributed by atoms with E-state index in [-0.39, 0.29) is 17.7 Å². The third-order valence-electron chi connectivity index (χ3n) is 9.26. The van der Waals surface area contributed by atoms with Gasteiger partial charge in [-0.15, -0.1) is 0 Å². The van der Waals surface area contributed by atoms with Gasteiger partial charge in [0.1, 0.15) is 6.04 Å². The molecular formula is C28H42N4O3. The summed E-state index contributed by atoms with van der Waals surface area (Å²) in [6.07, 6.45) is 9.72. The topological polar surface area (TPSA) is 99.3 Å². The first-order valence-corrected chi connectivity index (χ1v) is 13.4. The van der Waals surface area contributed by atoms with Crippen LogP contribution in [0.3, 0.4) is 0 Å². The second-order valence-corrected chi connectivity index (χ2v) is 11.6. The number of rotatable bonds is 11. The van der Waals surface area contributed by atoms with E-state index < -0.39 is 6.04 Å². The molecule has 1 saturated heterocycles. The van der Waals surface area contributed by atoms with Crippen molar-refractivity contribution in [3.05, 3.63) is 24.3 Å². The fourth-order valence-corrected chi connectivity index (χ4v) is 6.46. The number of imide groups is 1. The average Bonchev–Trinajstić information content (AvgIpc) is 3.15. The highest BCUT2D eigenvalue weighted by Gasteiger charge is 2.60. The van der Waals surface area contributed by atoms with E-state index in [2.05, 4.69) is 42.0 Å². The zero-order valence-electron chi connectivity index (χ0n) is 21.5. The van der Waals surface area contributed by atoms with Crippen LogP contribution in [0.5, 0.6) is 0 Å². The predicted molar refractivity (Wildman–Crippen MR) is 139 cm³/mol. The molecule has 192 valence electrons. The number of piperidine rings is 1. The number of benzene rings is 1. The Kier molecular flexibility index (Phi) is 7.84. The molecule has 4 rings (SSSR count). The summed E-state index contributed by atoms with van der Waals surface area (Å²) < 4.78 is 0. The smallest absolute Gasteiger partial charge is 0.249 e. The number of unbranched alkanes of at least 4 members (excludes halogenated alkanes) is 3. The highest BCUT2D eigenvalue weighted by atomic mass is 16.2. The summed E-state index contributed by atoms with van der Waals surface area (Å²) in [5.41, 5.74) is 2.43. The SMILES string of the molecule is CC1(C)[C@@H]2CC[C@@]1(C)[C@@H](NCCCCCCC(=O)Nc1ccc(NC3CCC(=O)NC3=O)cc1)C2. The second-order valence-electron chi connectivity index (χ2n) is 11.6. The van der Waals surface area contributed by atoms with E-state index in [4.69, 9.17) is 0 Å². The number of carbonyl (C=O) groups is 3. The molecule has 4 atom stereocenters. The van der Waals surface area contributed by atoms with Gasteiger partial charge in [-0.3, -0.25) is 19.7 Å². The van der Waals surface area contributed by atoms with Gasteiger partial charge in [-0.25, -0.2) is 0 Å². The van der Waals surface area contributed by atoms with Gasteiger partial charge in [-0.1, -0.05) is 33.6 Å². The molecule has 3 aliphatic rings. The molecule has 2 aliphatic carbocycles. The van der Waals surface area contributed by atoms with Crippen LogP contribution in [0.1, 0.15) is 85.0 Å². The summed E-state index contributed by atoms with van der Waals surface area (Å²) in [6.45, 7) is 8.49. The lowest BCUT2D eigenvalue weighted by atomic mass is 9.69. The molecule has 1 heterocycles. The Morgan fingerprint density at radius 3 is 2.37 bits per heavy atom. The van der Waals surface area contributed by atoms with Crippen molar-refractivity contribution in [3.8, 4) is 0 Å². The molecule has 1 unspecified atom stereocenters. The maximum absolute atomic E-state index is 12.3. The monoisotopic (exact) mass is 482 g/mol. The van der Waals surface area contributed by atoms with Crippen LogP contribution in [-0.4, -0.2) is 36.3 Å². The van der Waals surface area contributed by atoms with E-state index in [1.165, 1.54) is 25.7 Å². The molecule has 2 bridgehead atoms. The van der Waals surface area contributed by atoms with Crippen LogP contribution in [0.15, 0.2) is 24.3 Å². The summed E-state index contributed by atoms with van der Waals surface area (Å²) in [7, 11) is 0. The molecule has 7 heteroatoms. The van der Waals surface area contributed by atoms with Crippen molar-refractivity contribution in [2.24, 2.45) is 16.7 Å². The molecule has 1 aromatic rings. The largest absolute Gasteiger partial charge is 0.374 e. The first-order valence-electron chi connectivity index (χ1n) is 13.4. The number of hydrogen-bond acceptors (Lipinski definition) is 5. The van der Waals surface area contributed by atoms with Crippen LogP contribution in [0.25, 0.3) is 0 Å². The lowest BCUT2D eigenvalue weighted by molar-refractivity contribution is -0.133. The minimum Gasteiger partial charge on any atom is -0.374 e. The standard InChI is InChI=1S/C28H42N4O3/c1-27(2)19-15-16-28(27,3)23(18-19)29-17-7-5-4-6-8-24(33)31-21-11-9-20(10-12-21)30-22-13-14-25(34)32-26(22)35/h9-12,19,22-23,29-30H,4-8,13-18H2,1-3H3,(H,31,33)(H,32,34,35)/t19-,22?,23+,28+/m1/s1. The molecule has 0 spiro atoms. The van der Waals surface area contributed by atoms with Crippen molar-refractivity contribution in [2.45, 2.75) is 97.1 Å². The third kappa shape index (κ3) is 5.71. The van der Waals surface area contributed by atoms with E-state index in [0.29, 0.717) is 36.1 Å². The fraction of sp³-hybridized carbons (Fsp3) is 0.679. The minimum atomic E-state index is -0.411. The van der Waals surface area contributed by atoms with Crippen molar-refractivity contribution in [1.82, 2.24) is 10.6 Å². The Labute approximate surface area is 209 Å². The van der Waals surface area contributed by atoms with Crippen LogP contribution < -0.4 is 21.3 Å². The quantitative estimate of drug-likeness (QED) is 0.273. The van der Waals surface area contributed by atoms with Crippen LogP contribution >= 0.6 is 0 Å². The molecule has 1 aromatic carbocycles. The van der Waals surface area contributed by atoms with Crippen LogP contribution in [0.4, 0.5) is 11.4 Å². The first kappa shape index (κ1) is 25.7. The second kappa shape index (κ2) is 10.7. The summed E-state index contributed by atoms with van der Waals surface area (Å²) >= 11 is 0. The van der Waals surface area contributed by atoms with Crippen molar-refractivity contribution >= 4 is 29.1 Å². The van der Waals surface area contributed by atoms with E-state index in [0.717, 1.165) is 43.1 Å². The normalized spacial score (nSPS) is 29.2. The van der Waals surface area contributed by atoms with Gasteiger partial charge in [-0.05, 0) is 86.1 Å². The number of carbonyl (C=O) groups excluding carboxylic acids is 3. The maximum Gasteiger partial charge on any atom is 0.249 e. The van der Waals surface area contributed by atoms with Crippen LogP contribution in [0.2, 0.25) is 0 Å². The van der Waals surface area contributed by atoms with Crippen LogP contribution in [0, 0.1) is 16.7 Å². The number of fused-ring (bicyclic) bond motifs is 2. The zero-order valence-corrected chi connectivity index (χ0v) is 21.5. The van der Waals surface area contributed by atoms with Gasteiger partial charge in [0.15, 0.2) is 0 Å². The van der Waals surface area contributed by atoms with Gasteiger partial charge in [0.2, 0.25) is 17.7 Å². The molecule has 35 heavy (non-hydrogen) atoms. The van der Waals surface area contributed by atoms with Crippen molar-refractivity contribution in [3.63, 3.8) is 0 Å². The maximum atomic E-state index is 12.3. The van der Waals surface area contributed by atoms with Gasteiger partial charge in [0, 0.05) is 30.3 Å². The van der Waals surface area contributed by atoms with Gasteiger partial charge < -0.3 is 16.0 Å². The summed E-state index contributed by atoms with van der Waals surface area (Å²) in [6, 6.07) is 7.58. The predicted octanol–water partition coefficient (Wildman–Crippen LogP) is 4.60. The van der Waals surface area contributed by atoms with E-state index in [9.17, 15) is 14.4 Å². The van der Waals surface area contributed by atoms with E-state index in [1.54, 1.807) is 0 Å². The Morgan fingerprint density at radius 1 is 1.00 bits per heavy atom. The highest BCUT2D eigenvalue weighted by molar-refractivity contribution is 6.01. The number of nitrogens with one attached hydrogen (secondary N) is 4. The lowest BCUT2D eigenvalue weighted by Crippen LogP contribution is -2.47.